The van der Waals surface area contributed by atoms with E-state index < -0.39 is 0 Å². The summed E-state index contributed by atoms with van der Waals surface area (Å²) in [5.41, 5.74) is 1.63. The molecule has 5 heteroatoms. The fourth-order valence-electron chi connectivity index (χ4n) is 3.16. The number of carbonyl (C=O) groups excluding carboxylic acids is 1. The largest absolute Gasteiger partial charge is 0.466 e. The number of nitrogens with zero attached hydrogens (tertiary/aromatic N) is 1. The third-order valence-corrected chi connectivity index (χ3v) is 4.35. The number of hydrogen-bond donors (Lipinski definition) is 1. The lowest BCUT2D eigenvalue weighted by molar-refractivity contribution is 0.0513. The minimum absolute atomic E-state index is 0.0605. The number of ether oxygens (including phenoxy) is 1. The van der Waals surface area contributed by atoms with Crippen LogP contribution in [0.3, 0.4) is 0 Å². The predicted octanol–water partition coefficient (Wildman–Crippen LogP) is 3.19. The van der Waals surface area contributed by atoms with Crippen molar-refractivity contribution >= 4 is 5.91 Å². The van der Waals surface area contributed by atoms with E-state index in [1.165, 1.54) is 0 Å². The highest BCUT2D eigenvalue weighted by Gasteiger charge is 2.28. The minimum atomic E-state index is -0.0975. The molecule has 0 unspecified atom stereocenters. The minimum Gasteiger partial charge on any atom is -0.466 e. The average molecular weight is 314 g/mol. The fourth-order valence-corrected chi connectivity index (χ4v) is 3.16. The Morgan fingerprint density at radius 2 is 2.13 bits per heavy atom. The molecular weight excluding hydrogens is 292 g/mol. The molecule has 0 aromatic carbocycles. The van der Waals surface area contributed by atoms with Crippen molar-refractivity contribution in [1.29, 1.82) is 0 Å². The van der Waals surface area contributed by atoms with E-state index in [2.05, 4.69) is 10.3 Å². The molecule has 1 amide bonds. The van der Waals surface area contributed by atoms with Gasteiger partial charge in [-0.2, -0.15) is 0 Å². The summed E-state index contributed by atoms with van der Waals surface area (Å²) in [6.07, 6.45) is 5.44. The van der Waals surface area contributed by atoms with Crippen molar-refractivity contribution in [3.8, 4) is 0 Å². The van der Waals surface area contributed by atoms with Crippen molar-refractivity contribution in [1.82, 2.24) is 10.3 Å². The molecule has 5 nitrogen and oxygen atoms in total. The van der Waals surface area contributed by atoms with E-state index in [0.29, 0.717) is 17.2 Å². The molecule has 1 N–H and O–H groups in total. The topological polar surface area (TPSA) is 64.4 Å². The Balaban J connectivity index is 1.83. The van der Waals surface area contributed by atoms with Crippen LogP contribution in [0.4, 0.5) is 0 Å². The van der Waals surface area contributed by atoms with Crippen LogP contribution >= 0.6 is 0 Å². The molecule has 23 heavy (non-hydrogen) atoms. The first-order valence-corrected chi connectivity index (χ1v) is 8.00. The number of hydrogen-bond acceptors (Lipinski definition) is 4. The molecule has 0 radical (unpaired) electrons. The molecule has 122 valence electrons. The molecule has 0 bridgehead atoms. The third kappa shape index (κ3) is 3.62. The number of pyridine rings is 1. The first-order valence-electron chi connectivity index (χ1n) is 8.00. The van der Waals surface area contributed by atoms with Crippen LogP contribution in [-0.4, -0.2) is 24.1 Å². The summed E-state index contributed by atoms with van der Waals surface area (Å²) in [5.74, 6) is 1.65. The quantitative estimate of drug-likeness (QED) is 0.941. The monoisotopic (exact) mass is 314 g/mol. The van der Waals surface area contributed by atoms with Crippen LogP contribution in [0.1, 0.15) is 46.3 Å². The molecule has 1 aliphatic rings. The molecule has 0 aliphatic carbocycles. The van der Waals surface area contributed by atoms with Gasteiger partial charge < -0.3 is 14.5 Å². The highest BCUT2D eigenvalue weighted by Crippen LogP contribution is 2.30. The van der Waals surface area contributed by atoms with Gasteiger partial charge in [-0.1, -0.05) is 6.07 Å². The van der Waals surface area contributed by atoms with Crippen LogP contribution in [-0.2, 0) is 4.74 Å². The van der Waals surface area contributed by atoms with Gasteiger partial charge >= 0.3 is 0 Å². The van der Waals surface area contributed by atoms with Crippen LogP contribution in [0.25, 0.3) is 0 Å². The second kappa shape index (κ2) is 6.96. The summed E-state index contributed by atoms with van der Waals surface area (Å²) in [4.78, 5) is 16.9. The van der Waals surface area contributed by atoms with E-state index in [1.54, 1.807) is 12.3 Å². The number of carbonyl (C=O) groups is 1. The Hall–Kier alpha value is -2.14. The lowest BCUT2D eigenvalue weighted by Crippen LogP contribution is -2.36. The van der Waals surface area contributed by atoms with Crippen molar-refractivity contribution in [2.75, 3.05) is 13.2 Å². The average Bonchev–Trinajstić information content (AvgIpc) is 2.92. The van der Waals surface area contributed by atoms with Crippen molar-refractivity contribution < 1.29 is 13.9 Å². The Bertz CT molecular complexity index is 660. The van der Waals surface area contributed by atoms with Crippen LogP contribution in [0.2, 0.25) is 0 Å². The van der Waals surface area contributed by atoms with E-state index >= 15 is 0 Å². The summed E-state index contributed by atoms with van der Waals surface area (Å²) in [6, 6.07) is 5.64. The Morgan fingerprint density at radius 3 is 2.74 bits per heavy atom. The van der Waals surface area contributed by atoms with Gasteiger partial charge in [0, 0.05) is 25.6 Å². The lowest BCUT2D eigenvalue weighted by Gasteiger charge is -2.31. The van der Waals surface area contributed by atoms with Gasteiger partial charge in [-0.25, -0.2) is 0 Å². The van der Waals surface area contributed by atoms with E-state index in [4.69, 9.17) is 9.15 Å². The third-order valence-electron chi connectivity index (χ3n) is 4.35. The number of nitrogens with one attached hydrogen (secondary N) is 1. The maximum atomic E-state index is 12.7. The van der Waals surface area contributed by atoms with Gasteiger partial charge in [0.1, 0.15) is 11.5 Å². The Morgan fingerprint density at radius 1 is 1.35 bits per heavy atom. The first-order chi connectivity index (χ1) is 11.1. The predicted molar refractivity (Wildman–Crippen MR) is 86.2 cm³/mol. The van der Waals surface area contributed by atoms with Gasteiger partial charge in [-0.3, -0.25) is 9.78 Å². The molecule has 3 rings (SSSR count). The zero-order valence-electron chi connectivity index (χ0n) is 13.5. The summed E-state index contributed by atoms with van der Waals surface area (Å²) in [7, 11) is 0. The van der Waals surface area contributed by atoms with Crippen LogP contribution < -0.4 is 5.32 Å². The summed E-state index contributed by atoms with van der Waals surface area (Å²) in [5, 5.41) is 3.18. The fraction of sp³-hybridized carbons (Fsp3) is 0.444. The molecule has 1 aliphatic heterocycles. The molecule has 2 aromatic heterocycles. The highest BCUT2D eigenvalue weighted by atomic mass is 16.5. The van der Waals surface area contributed by atoms with Crippen molar-refractivity contribution in [2.45, 2.75) is 32.7 Å². The first kappa shape index (κ1) is 15.7. The maximum Gasteiger partial charge on any atom is 0.255 e. The normalized spacial score (nSPS) is 17.0. The number of aryl methyl sites for hydroxylation is 2. The van der Waals surface area contributed by atoms with Gasteiger partial charge in [0.05, 0.1) is 11.6 Å². The highest BCUT2D eigenvalue weighted by molar-refractivity contribution is 5.95. The van der Waals surface area contributed by atoms with Gasteiger partial charge in [0.25, 0.3) is 5.91 Å². The SMILES string of the molecule is Cc1cc(C(=O)N[C@H](c2cccnc2)C2CCOCC2)c(C)o1. The molecule has 1 atom stereocenters. The van der Waals surface area contributed by atoms with Crippen LogP contribution in [0.5, 0.6) is 0 Å². The van der Waals surface area contributed by atoms with Gasteiger partial charge in [0.2, 0.25) is 0 Å². The standard InChI is InChI=1S/C18H22N2O3/c1-12-10-16(13(2)23-12)18(21)20-17(14-5-8-22-9-6-14)15-4-3-7-19-11-15/h3-4,7,10-11,14,17H,5-6,8-9H2,1-2H3,(H,20,21)/t17-/m0/s1. The molecule has 3 heterocycles. The number of amides is 1. The van der Waals surface area contributed by atoms with Crippen LogP contribution in [0.15, 0.2) is 35.0 Å². The summed E-state index contributed by atoms with van der Waals surface area (Å²) in [6.45, 7) is 5.14. The molecule has 1 fully saturated rings. The van der Waals surface area contributed by atoms with Crippen LogP contribution in [0, 0.1) is 19.8 Å². The maximum absolute atomic E-state index is 12.7. The zero-order chi connectivity index (χ0) is 16.2. The molecule has 2 aromatic rings. The second-order valence-corrected chi connectivity index (χ2v) is 6.01. The van der Waals surface area contributed by atoms with E-state index in [1.807, 2.05) is 32.2 Å². The van der Waals surface area contributed by atoms with Gasteiger partial charge in [-0.05, 0) is 50.3 Å². The van der Waals surface area contributed by atoms with Crippen molar-refractivity contribution in [3.05, 3.63) is 53.2 Å². The van der Waals surface area contributed by atoms with Gasteiger partial charge in [0.15, 0.2) is 0 Å². The smallest absolute Gasteiger partial charge is 0.255 e. The summed E-state index contributed by atoms with van der Waals surface area (Å²) < 4.78 is 10.9. The van der Waals surface area contributed by atoms with E-state index in [-0.39, 0.29) is 11.9 Å². The van der Waals surface area contributed by atoms with E-state index in [0.717, 1.165) is 37.4 Å². The van der Waals surface area contributed by atoms with E-state index in [9.17, 15) is 4.79 Å². The Labute approximate surface area is 136 Å². The molecule has 0 spiro atoms. The number of rotatable bonds is 4. The van der Waals surface area contributed by atoms with Crippen molar-refractivity contribution in [3.63, 3.8) is 0 Å². The number of aromatic nitrogens is 1. The molecule has 0 saturated carbocycles. The molecular formula is C18H22N2O3. The molecule has 1 saturated heterocycles. The Kier molecular flexibility index (Phi) is 4.76. The van der Waals surface area contributed by atoms with Gasteiger partial charge in [-0.15, -0.1) is 0 Å². The number of furan rings is 1. The zero-order valence-corrected chi connectivity index (χ0v) is 13.5. The lowest BCUT2D eigenvalue weighted by atomic mass is 9.87. The second-order valence-electron chi connectivity index (χ2n) is 6.01. The summed E-state index contributed by atoms with van der Waals surface area (Å²) >= 11 is 0. The van der Waals surface area contributed by atoms with Crippen molar-refractivity contribution in [2.24, 2.45) is 5.92 Å².